The molecule has 0 bridgehead atoms. The second-order valence-corrected chi connectivity index (χ2v) is 7.73. The van der Waals surface area contributed by atoms with Crippen LogP contribution >= 0.6 is 23.4 Å². The summed E-state index contributed by atoms with van der Waals surface area (Å²) < 4.78 is 13.7. The number of benzene rings is 2. The molecule has 25 heavy (non-hydrogen) atoms. The minimum Gasteiger partial charge on any atom is -0.349 e. The first kappa shape index (κ1) is 19.8. The fraction of sp³-hybridized carbons (Fsp3) is 0.350. The molecule has 1 amide bonds. The molecular formula is C20H23ClFNOS. The van der Waals surface area contributed by atoms with E-state index in [4.69, 9.17) is 11.6 Å². The van der Waals surface area contributed by atoms with Crippen LogP contribution in [0.1, 0.15) is 40.8 Å². The SMILES string of the molecule is Cc1cc(C)c([C@H](C)NC(=O)CSCc2ccc(Cl)cc2F)cc1C. The Balaban J connectivity index is 1.88. The number of nitrogens with one attached hydrogen (secondary N) is 1. The van der Waals surface area contributed by atoms with Crippen molar-refractivity contribution in [2.24, 2.45) is 0 Å². The lowest BCUT2D eigenvalue weighted by molar-refractivity contribution is -0.119. The fourth-order valence-corrected chi connectivity index (χ4v) is 3.69. The highest BCUT2D eigenvalue weighted by Crippen LogP contribution is 2.22. The van der Waals surface area contributed by atoms with Crippen LogP contribution in [0.4, 0.5) is 4.39 Å². The lowest BCUT2D eigenvalue weighted by Gasteiger charge is -2.18. The van der Waals surface area contributed by atoms with Gasteiger partial charge < -0.3 is 5.32 Å². The van der Waals surface area contributed by atoms with E-state index in [0.717, 1.165) is 5.56 Å². The average molecular weight is 380 g/mol. The van der Waals surface area contributed by atoms with Crippen molar-refractivity contribution in [1.29, 1.82) is 0 Å². The van der Waals surface area contributed by atoms with E-state index >= 15 is 0 Å². The zero-order chi connectivity index (χ0) is 18.6. The number of thioether (sulfide) groups is 1. The molecule has 0 saturated heterocycles. The maximum absolute atomic E-state index is 13.7. The topological polar surface area (TPSA) is 29.1 Å². The Morgan fingerprint density at radius 3 is 2.52 bits per heavy atom. The van der Waals surface area contributed by atoms with E-state index in [1.165, 1.54) is 34.5 Å². The van der Waals surface area contributed by atoms with Crippen LogP contribution in [0.5, 0.6) is 0 Å². The van der Waals surface area contributed by atoms with Crippen LogP contribution in [0.15, 0.2) is 30.3 Å². The van der Waals surface area contributed by atoms with Gasteiger partial charge in [-0.3, -0.25) is 4.79 Å². The van der Waals surface area contributed by atoms with Gasteiger partial charge in [-0.2, -0.15) is 0 Å². The molecule has 2 nitrogen and oxygen atoms in total. The predicted molar refractivity (Wildman–Crippen MR) is 105 cm³/mol. The summed E-state index contributed by atoms with van der Waals surface area (Å²) in [7, 11) is 0. The highest BCUT2D eigenvalue weighted by molar-refractivity contribution is 7.99. The van der Waals surface area contributed by atoms with Gasteiger partial charge in [-0.25, -0.2) is 4.39 Å². The van der Waals surface area contributed by atoms with Crippen LogP contribution in [0.2, 0.25) is 5.02 Å². The van der Waals surface area contributed by atoms with E-state index in [2.05, 4.69) is 38.2 Å². The first-order valence-electron chi connectivity index (χ1n) is 8.16. The molecule has 0 aromatic heterocycles. The van der Waals surface area contributed by atoms with E-state index < -0.39 is 0 Å². The Morgan fingerprint density at radius 2 is 1.84 bits per heavy atom. The number of rotatable bonds is 6. The largest absolute Gasteiger partial charge is 0.349 e. The molecule has 134 valence electrons. The summed E-state index contributed by atoms with van der Waals surface area (Å²) >= 11 is 7.13. The molecule has 0 aliphatic heterocycles. The summed E-state index contributed by atoms with van der Waals surface area (Å²) in [5.41, 5.74) is 5.33. The maximum atomic E-state index is 13.7. The molecule has 0 heterocycles. The van der Waals surface area contributed by atoms with Crippen LogP contribution in [0, 0.1) is 26.6 Å². The van der Waals surface area contributed by atoms with Crippen molar-refractivity contribution in [1.82, 2.24) is 5.32 Å². The molecule has 1 N–H and O–H groups in total. The molecule has 0 unspecified atom stereocenters. The molecule has 0 saturated carbocycles. The van der Waals surface area contributed by atoms with Crippen molar-refractivity contribution in [3.05, 3.63) is 69.0 Å². The predicted octanol–water partition coefficient (Wildman–Crippen LogP) is 5.51. The molecule has 2 rings (SSSR count). The summed E-state index contributed by atoms with van der Waals surface area (Å²) in [6, 6.07) is 8.83. The first-order valence-corrected chi connectivity index (χ1v) is 9.70. The molecule has 0 spiro atoms. The molecule has 2 aromatic carbocycles. The molecule has 0 fully saturated rings. The summed E-state index contributed by atoms with van der Waals surface area (Å²) in [6.45, 7) is 8.20. The Morgan fingerprint density at radius 1 is 1.16 bits per heavy atom. The third-order valence-electron chi connectivity index (χ3n) is 4.23. The van der Waals surface area contributed by atoms with E-state index in [1.807, 2.05) is 6.92 Å². The monoisotopic (exact) mass is 379 g/mol. The summed E-state index contributed by atoms with van der Waals surface area (Å²) in [5.74, 6) is 0.341. The molecule has 5 heteroatoms. The molecule has 0 aliphatic carbocycles. The number of aryl methyl sites for hydroxylation is 3. The van der Waals surface area contributed by atoms with Crippen molar-refractivity contribution in [2.75, 3.05) is 5.75 Å². The third-order valence-corrected chi connectivity index (χ3v) is 5.45. The van der Waals surface area contributed by atoms with Gasteiger partial charge in [-0.1, -0.05) is 29.8 Å². The number of carbonyl (C=O) groups excluding carboxylic acids is 1. The van der Waals surface area contributed by atoms with Gasteiger partial charge in [0.2, 0.25) is 5.91 Å². The van der Waals surface area contributed by atoms with E-state index in [9.17, 15) is 9.18 Å². The highest BCUT2D eigenvalue weighted by Gasteiger charge is 2.13. The van der Waals surface area contributed by atoms with Crippen LogP contribution in [0.25, 0.3) is 0 Å². The minimum atomic E-state index is -0.334. The number of carbonyl (C=O) groups is 1. The second kappa shape index (κ2) is 8.72. The van der Waals surface area contributed by atoms with Crippen LogP contribution in [-0.4, -0.2) is 11.7 Å². The number of amides is 1. The standard InChI is InChI=1S/C20H23ClFNOS/c1-12-7-14(3)18(8-13(12)2)15(4)23-20(24)11-25-10-16-5-6-17(21)9-19(16)22/h5-9,15H,10-11H2,1-4H3,(H,23,24)/t15-/m0/s1. The van der Waals surface area contributed by atoms with Crippen molar-refractivity contribution in [3.8, 4) is 0 Å². The summed E-state index contributed by atoms with van der Waals surface area (Å²) in [6.07, 6.45) is 0. The van der Waals surface area contributed by atoms with Crippen molar-refractivity contribution in [2.45, 2.75) is 39.5 Å². The number of hydrogen-bond donors (Lipinski definition) is 1. The van der Waals surface area contributed by atoms with Gasteiger partial charge in [0.25, 0.3) is 0 Å². The van der Waals surface area contributed by atoms with Crippen LogP contribution in [0.3, 0.4) is 0 Å². The van der Waals surface area contributed by atoms with Crippen molar-refractivity contribution in [3.63, 3.8) is 0 Å². The van der Waals surface area contributed by atoms with Gasteiger partial charge >= 0.3 is 0 Å². The third kappa shape index (κ3) is 5.48. The number of hydrogen-bond acceptors (Lipinski definition) is 2. The Kier molecular flexibility index (Phi) is 6.91. The van der Waals surface area contributed by atoms with Gasteiger partial charge in [0, 0.05) is 10.8 Å². The summed E-state index contributed by atoms with van der Waals surface area (Å²) in [4.78, 5) is 12.2. The molecule has 2 aromatic rings. The van der Waals surface area contributed by atoms with Crippen LogP contribution in [-0.2, 0) is 10.5 Å². The van der Waals surface area contributed by atoms with Gasteiger partial charge in [-0.05, 0) is 67.6 Å². The highest BCUT2D eigenvalue weighted by atomic mass is 35.5. The molecule has 0 radical (unpaired) electrons. The Bertz CT molecular complexity index is 779. The average Bonchev–Trinajstić information content (AvgIpc) is 2.52. The Labute approximate surface area is 158 Å². The Hall–Kier alpha value is -1.52. The van der Waals surface area contributed by atoms with E-state index in [1.54, 1.807) is 12.1 Å². The van der Waals surface area contributed by atoms with Gasteiger partial charge in [0.05, 0.1) is 11.8 Å². The molecule has 1 atom stereocenters. The zero-order valence-electron chi connectivity index (χ0n) is 15.0. The lowest BCUT2D eigenvalue weighted by atomic mass is 9.96. The minimum absolute atomic E-state index is 0.0514. The van der Waals surface area contributed by atoms with Crippen molar-refractivity contribution >= 4 is 29.3 Å². The quantitative estimate of drug-likeness (QED) is 0.716. The summed E-state index contributed by atoms with van der Waals surface area (Å²) in [5, 5.41) is 3.40. The lowest BCUT2D eigenvalue weighted by Crippen LogP contribution is -2.28. The van der Waals surface area contributed by atoms with Gasteiger partial charge in [0.1, 0.15) is 5.82 Å². The normalized spacial score (nSPS) is 12.1. The first-order chi connectivity index (χ1) is 11.8. The van der Waals surface area contributed by atoms with Crippen molar-refractivity contribution < 1.29 is 9.18 Å². The maximum Gasteiger partial charge on any atom is 0.230 e. The van der Waals surface area contributed by atoms with E-state index in [-0.39, 0.29) is 23.5 Å². The van der Waals surface area contributed by atoms with E-state index in [0.29, 0.717) is 16.3 Å². The second-order valence-electron chi connectivity index (χ2n) is 6.31. The molecular weight excluding hydrogens is 357 g/mol. The fourth-order valence-electron chi connectivity index (χ4n) is 2.70. The molecule has 0 aliphatic rings. The zero-order valence-corrected chi connectivity index (χ0v) is 16.5. The smallest absolute Gasteiger partial charge is 0.230 e. The number of halogens is 2. The van der Waals surface area contributed by atoms with Crippen LogP contribution < -0.4 is 5.32 Å². The van der Waals surface area contributed by atoms with Gasteiger partial charge in [-0.15, -0.1) is 11.8 Å². The van der Waals surface area contributed by atoms with Gasteiger partial charge in [0.15, 0.2) is 0 Å².